The molecule has 0 saturated carbocycles. The summed E-state index contributed by atoms with van der Waals surface area (Å²) >= 11 is 0. The van der Waals surface area contributed by atoms with Crippen LogP contribution in [0, 0.1) is 5.92 Å². The van der Waals surface area contributed by atoms with Crippen LogP contribution in [0.4, 0.5) is 0 Å². The molecule has 1 rings (SSSR count). The fourth-order valence-electron chi connectivity index (χ4n) is 1.43. The van der Waals surface area contributed by atoms with Crippen molar-refractivity contribution in [3.05, 3.63) is 36.1 Å². The topological polar surface area (TPSA) is 15.6 Å². The second-order valence-electron chi connectivity index (χ2n) is 3.94. The van der Waals surface area contributed by atoms with Crippen molar-refractivity contribution in [1.82, 2.24) is 5.01 Å². The summed E-state index contributed by atoms with van der Waals surface area (Å²) in [5.41, 5.74) is 1.21. The number of nitrogens with zero attached hydrogens (tertiary/aromatic N) is 2. The van der Waals surface area contributed by atoms with E-state index >= 15 is 0 Å². The van der Waals surface area contributed by atoms with Gasteiger partial charge in [-0.05, 0) is 31.4 Å². The van der Waals surface area contributed by atoms with E-state index < -0.39 is 0 Å². The highest BCUT2D eigenvalue weighted by molar-refractivity contribution is 5.70. The first-order valence-electron chi connectivity index (χ1n) is 5.55. The number of hydrazone groups is 1. The lowest BCUT2D eigenvalue weighted by atomic mass is 10.1. The van der Waals surface area contributed by atoms with Gasteiger partial charge in [-0.2, -0.15) is 5.10 Å². The maximum atomic E-state index is 4.41. The number of hydrogen-bond acceptors (Lipinski definition) is 2. The SMILES string of the molecule is C/C=C\C=N/N1CCC=C/C1=C\C(C)C. The molecule has 0 aromatic heterocycles. The predicted octanol–water partition coefficient (Wildman–Crippen LogP) is 3.35. The Bertz CT molecular complexity index is 296. The van der Waals surface area contributed by atoms with Gasteiger partial charge in [0.25, 0.3) is 0 Å². The van der Waals surface area contributed by atoms with Gasteiger partial charge in [0.1, 0.15) is 0 Å². The number of allylic oxidation sites excluding steroid dienone is 4. The molecule has 0 aromatic rings. The minimum absolute atomic E-state index is 0.558. The quantitative estimate of drug-likeness (QED) is 0.644. The third-order valence-electron chi connectivity index (χ3n) is 2.08. The predicted molar refractivity (Wildman–Crippen MR) is 66.7 cm³/mol. The summed E-state index contributed by atoms with van der Waals surface area (Å²) in [4.78, 5) is 0. The first kappa shape index (κ1) is 11.8. The zero-order valence-electron chi connectivity index (χ0n) is 9.85. The first-order chi connectivity index (χ1) is 7.24. The first-order valence-corrected chi connectivity index (χ1v) is 5.55. The Morgan fingerprint density at radius 3 is 2.93 bits per heavy atom. The average molecular weight is 204 g/mol. The Kier molecular flexibility index (Phi) is 4.88. The van der Waals surface area contributed by atoms with Gasteiger partial charge in [-0.3, -0.25) is 5.01 Å². The van der Waals surface area contributed by atoms with E-state index in [-0.39, 0.29) is 0 Å². The summed E-state index contributed by atoms with van der Waals surface area (Å²) in [7, 11) is 0. The molecule has 0 spiro atoms. The lowest BCUT2D eigenvalue weighted by molar-refractivity contribution is 0.372. The van der Waals surface area contributed by atoms with Crippen LogP contribution in [0.3, 0.4) is 0 Å². The zero-order valence-corrected chi connectivity index (χ0v) is 9.85. The molecule has 0 N–H and O–H groups in total. The lowest BCUT2D eigenvalue weighted by Crippen LogP contribution is -2.20. The largest absolute Gasteiger partial charge is 0.266 e. The van der Waals surface area contributed by atoms with Crippen LogP contribution in [0.1, 0.15) is 27.2 Å². The average Bonchev–Trinajstić information content (AvgIpc) is 2.20. The Morgan fingerprint density at radius 2 is 2.27 bits per heavy atom. The van der Waals surface area contributed by atoms with Crippen molar-refractivity contribution in [3.63, 3.8) is 0 Å². The molecule has 2 heteroatoms. The molecular weight excluding hydrogens is 184 g/mol. The summed E-state index contributed by atoms with van der Waals surface area (Å²) in [5, 5.41) is 6.46. The monoisotopic (exact) mass is 204 g/mol. The van der Waals surface area contributed by atoms with Crippen LogP contribution in [-0.4, -0.2) is 17.8 Å². The molecule has 2 nitrogen and oxygen atoms in total. The van der Waals surface area contributed by atoms with Crippen molar-refractivity contribution in [2.24, 2.45) is 11.0 Å². The minimum Gasteiger partial charge on any atom is -0.266 e. The van der Waals surface area contributed by atoms with E-state index in [0.717, 1.165) is 13.0 Å². The molecule has 1 aliphatic heterocycles. The molecule has 0 aromatic carbocycles. The van der Waals surface area contributed by atoms with Crippen LogP contribution in [0.2, 0.25) is 0 Å². The van der Waals surface area contributed by atoms with Crippen LogP contribution in [-0.2, 0) is 0 Å². The maximum Gasteiger partial charge on any atom is 0.0553 e. The molecule has 0 fully saturated rings. The zero-order chi connectivity index (χ0) is 11.1. The van der Waals surface area contributed by atoms with E-state index in [0.29, 0.717) is 5.92 Å². The molecule has 0 amide bonds. The molecule has 0 unspecified atom stereocenters. The standard InChI is InChI=1S/C13H20N2/c1-4-5-9-14-15-10-7-6-8-13(15)11-12(2)3/h4-6,8-9,11-12H,7,10H2,1-3H3/b5-4-,13-11+,14-9-. The minimum atomic E-state index is 0.558. The fraction of sp³-hybridized carbons (Fsp3) is 0.462. The highest BCUT2D eigenvalue weighted by Crippen LogP contribution is 2.15. The van der Waals surface area contributed by atoms with E-state index in [1.807, 2.05) is 25.3 Å². The summed E-state index contributed by atoms with van der Waals surface area (Å²) in [6.07, 6.45) is 13.4. The molecule has 82 valence electrons. The summed E-state index contributed by atoms with van der Waals surface area (Å²) in [5.74, 6) is 0.558. The van der Waals surface area contributed by atoms with Crippen molar-refractivity contribution >= 4 is 6.21 Å². The third kappa shape index (κ3) is 4.15. The lowest BCUT2D eigenvalue weighted by Gasteiger charge is -2.23. The van der Waals surface area contributed by atoms with Gasteiger partial charge < -0.3 is 0 Å². The van der Waals surface area contributed by atoms with Crippen molar-refractivity contribution in [3.8, 4) is 0 Å². The Morgan fingerprint density at radius 1 is 1.47 bits per heavy atom. The van der Waals surface area contributed by atoms with Gasteiger partial charge in [-0.15, -0.1) is 0 Å². The summed E-state index contributed by atoms with van der Waals surface area (Å²) in [6, 6.07) is 0. The summed E-state index contributed by atoms with van der Waals surface area (Å²) in [6.45, 7) is 7.34. The van der Waals surface area contributed by atoms with Gasteiger partial charge in [0.05, 0.1) is 5.70 Å². The number of rotatable bonds is 3. The second kappa shape index (κ2) is 6.23. The van der Waals surface area contributed by atoms with Crippen molar-refractivity contribution in [1.29, 1.82) is 0 Å². The van der Waals surface area contributed by atoms with Crippen molar-refractivity contribution < 1.29 is 0 Å². The third-order valence-corrected chi connectivity index (χ3v) is 2.08. The molecule has 15 heavy (non-hydrogen) atoms. The molecule has 0 radical (unpaired) electrons. The van der Waals surface area contributed by atoms with E-state index in [4.69, 9.17) is 0 Å². The fourth-order valence-corrected chi connectivity index (χ4v) is 1.43. The van der Waals surface area contributed by atoms with E-state index in [2.05, 4.69) is 42.2 Å². The van der Waals surface area contributed by atoms with Gasteiger partial charge in [-0.25, -0.2) is 0 Å². The Hall–Kier alpha value is -1.31. The van der Waals surface area contributed by atoms with Crippen molar-refractivity contribution in [2.45, 2.75) is 27.2 Å². The second-order valence-corrected chi connectivity index (χ2v) is 3.94. The Labute approximate surface area is 92.7 Å². The molecule has 0 atom stereocenters. The van der Waals surface area contributed by atoms with E-state index in [9.17, 15) is 0 Å². The normalized spacial score (nSPS) is 20.3. The smallest absolute Gasteiger partial charge is 0.0553 e. The van der Waals surface area contributed by atoms with Crippen molar-refractivity contribution in [2.75, 3.05) is 6.54 Å². The van der Waals surface area contributed by atoms with Crippen LogP contribution in [0.5, 0.6) is 0 Å². The van der Waals surface area contributed by atoms with Crippen LogP contribution in [0.15, 0.2) is 41.2 Å². The van der Waals surface area contributed by atoms with E-state index in [1.165, 1.54) is 5.70 Å². The molecule has 1 aliphatic rings. The maximum absolute atomic E-state index is 4.41. The molecule has 1 heterocycles. The highest BCUT2D eigenvalue weighted by atomic mass is 15.5. The van der Waals surface area contributed by atoms with Gasteiger partial charge >= 0.3 is 0 Å². The molecular formula is C13H20N2. The van der Waals surface area contributed by atoms with Gasteiger partial charge in [-0.1, -0.05) is 32.1 Å². The molecule has 0 bridgehead atoms. The van der Waals surface area contributed by atoms with Crippen LogP contribution >= 0.6 is 0 Å². The number of hydrogen-bond donors (Lipinski definition) is 0. The van der Waals surface area contributed by atoms with Crippen LogP contribution < -0.4 is 0 Å². The van der Waals surface area contributed by atoms with Gasteiger partial charge in [0.2, 0.25) is 0 Å². The highest BCUT2D eigenvalue weighted by Gasteiger charge is 2.08. The molecule has 0 aliphatic carbocycles. The van der Waals surface area contributed by atoms with Crippen LogP contribution in [0.25, 0.3) is 0 Å². The van der Waals surface area contributed by atoms with E-state index in [1.54, 1.807) is 0 Å². The van der Waals surface area contributed by atoms with Gasteiger partial charge in [0.15, 0.2) is 0 Å². The summed E-state index contributed by atoms with van der Waals surface area (Å²) < 4.78 is 0. The Balaban J connectivity index is 2.73. The molecule has 0 saturated heterocycles. The van der Waals surface area contributed by atoms with Gasteiger partial charge in [0, 0.05) is 12.8 Å².